The maximum atomic E-state index is 12.5. The Balaban J connectivity index is 2.18. The standard InChI is InChI=1S/C13H19N3O3/c1-9-6-10(8-19-9)13(17)16(7-12(14)15-18)11-4-2-3-5-11/h6,8,11,18H,2-5,7H2,1H3,(H2,14,15). The van der Waals surface area contributed by atoms with Crippen LogP contribution in [0.3, 0.4) is 0 Å². The van der Waals surface area contributed by atoms with Gasteiger partial charge in [0.2, 0.25) is 0 Å². The van der Waals surface area contributed by atoms with E-state index in [2.05, 4.69) is 5.16 Å². The lowest BCUT2D eigenvalue weighted by Gasteiger charge is -2.28. The summed E-state index contributed by atoms with van der Waals surface area (Å²) in [6.07, 6.45) is 5.58. The summed E-state index contributed by atoms with van der Waals surface area (Å²) < 4.78 is 5.17. The molecule has 0 aromatic carbocycles. The van der Waals surface area contributed by atoms with Gasteiger partial charge in [0.1, 0.15) is 12.0 Å². The van der Waals surface area contributed by atoms with E-state index in [1.54, 1.807) is 17.9 Å². The third kappa shape index (κ3) is 3.07. The summed E-state index contributed by atoms with van der Waals surface area (Å²) in [5, 5.41) is 11.6. The molecule has 0 atom stereocenters. The Kier molecular flexibility index (Phi) is 4.09. The van der Waals surface area contributed by atoms with E-state index in [1.807, 2.05) is 0 Å². The van der Waals surface area contributed by atoms with Gasteiger partial charge in [-0.3, -0.25) is 4.79 Å². The summed E-state index contributed by atoms with van der Waals surface area (Å²) in [5.74, 6) is 0.606. The van der Waals surface area contributed by atoms with Crippen molar-refractivity contribution in [2.24, 2.45) is 10.9 Å². The van der Waals surface area contributed by atoms with Gasteiger partial charge in [0.25, 0.3) is 5.91 Å². The fourth-order valence-electron chi connectivity index (χ4n) is 2.51. The third-order valence-electron chi connectivity index (χ3n) is 3.46. The first-order chi connectivity index (χ1) is 9.11. The molecule has 0 saturated heterocycles. The molecule has 0 spiro atoms. The minimum Gasteiger partial charge on any atom is -0.469 e. The van der Waals surface area contributed by atoms with E-state index in [-0.39, 0.29) is 24.3 Å². The summed E-state index contributed by atoms with van der Waals surface area (Å²) >= 11 is 0. The fraction of sp³-hybridized carbons (Fsp3) is 0.538. The largest absolute Gasteiger partial charge is 0.469 e. The van der Waals surface area contributed by atoms with Crippen molar-refractivity contribution in [3.05, 3.63) is 23.7 Å². The average molecular weight is 265 g/mol. The van der Waals surface area contributed by atoms with E-state index in [0.717, 1.165) is 25.7 Å². The summed E-state index contributed by atoms with van der Waals surface area (Å²) in [6, 6.07) is 1.86. The van der Waals surface area contributed by atoms with Crippen molar-refractivity contribution in [3.8, 4) is 0 Å². The van der Waals surface area contributed by atoms with Crippen molar-refractivity contribution >= 4 is 11.7 Å². The number of hydrogen-bond acceptors (Lipinski definition) is 4. The van der Waals surface area contributed by atoms with Crippen LogP contribution in [0.25, 0.3) is 0 Å². The highest BCUT2D eigenvalue weighted by molar-refractivity contribution is 5.97. The number of nitrogens with zero attached hydrogens (tertiary/aromatic N) is 2. The van der Waals surface area contributed by atoms with Gasteiger partial charge in [-0.05, 0) is 25.8 Å². The molecule has 0 aliphatic heterocycles. The molecule has 3 N–H and O–H groups in total. The Hall–Kier alpha value is -1.98. The first kappa shape index (κ1) is 13.5. The minimum absolute atomic E-state index is 0.0421. The van der Waals surface area contributed by atoms with Gasteiger partial charge in [-0.25, -0.2) is 0 Å². The van der Waals surface area contributed by atoms with Crippen LogP contribution in [0.5, 0.6) is 0 Å². The molecule has 0 radical (unpaired) electrons. The monoisotopic (exact) mass is 265 g/mol. The highest BCUT2D eigenvalue weighted by atomic mass is 16.4. The lowest BCUT2D eigenvalue weighted by atomic mass is 10.1. The second-order valence-corrected chi connectivity index (χ2v) is 4.91. The van der Waals surface area contributed by atoms with Crippen molar-refractivity contribution in [2.75, 3.05) is 6.54 Å². The molecule has 1 aromatic heterocycles. The molecule has 1 amide bonds. The molecule has 1 saturated carbocycles. The number of furan rings is 1. The summed E-state index contributed by atoms with van der Waals surface area (Å²) in [4.78, 5) is 14.1. The number of rotatable bonds is 4. The minimum atomic E-state index is -0.129. The molecule has 1 aliphatic carbocycles. The Morgan fingerprint density at radius 3 is 2.79 bits per heavy atom. The first-order valence-electron chi connectivity index (χ1n) is 6.44. The van der Waals surface area contributed by atoms with Gasteiger partial charge in [0.15, 0.2) is 5.84 Å². The predicted octanol–water partition coefficient (Wildman–Crippen LogP) is 1.72. The molecule has 6 heteroatoms. The molecular formula is C13H19N3O3. The number of carbonyl (C=O) groups is 1. The Morgan fingerprint density at radius 2 is 2.26 bits per heavy atom. The van der Waals surface area contributed by atoms with Crippen LogP contribution >= 0.6 is 0 Å². The van der Waals surface area contributed by atoms with Crippen molar-refractivity contribution in [1.29, 1.82) is 0 Å². The Labute approximate surface area is 111 Å². The molecule has 19 heavy (non-hydrogen) atoms. The maximum Gasteiger partial charge on any atom is 0.257 e. The summed E-state index contributed by atoms with van der Waals surface area (Å²) in [5.41, 5.74) is 6.05. The van der Waals surface area contributed by atoms with E-state index in [1.165, 1.54) is 6.26 Å². The summed E-state index contributed by atoms with van der Waals surface area (Å²) in [6.45, 7) is 1.93. The zero-order chi connectivity index (χ0) is 13.8. The Bertz CT molecular complexity index is 475. The van der Waals surface area contributed by atoms with Gasteiger partial charge in [-0.2, -0.15) is 0 Å². The first-order valence-corrected chi connectivity index (χ1v) is 6.44. The quantitative estimate of drug-likeness (QED) is 0.375. The van der Waals surface area contributed by atoms with E-state index in [0.29, 0.717) is 11.3 Å². The SMILES string of the molecule is Cc1cc(C(=O)N(CC(N)=NO)C2CCCC2)co1. The van der Waals surface area contributed by atoms with Crippen molar-refractivity contribution in [3.63, 3.8) is 0 Å². The van der Waals surface area contributed by atoms with Crippen LogP contribution in [0.1, 0.15) is 41.8 Å². The van der Waals surface area contributed by atoms with Gasteiger partial charge < -0.3 is 20.3 Å². The molecule has 1 fully saturated rings. The highest BCUT2D eigenvalue weighted by Crippen LogP contribution is 2.25. The van der Waals surface area contributed by atoms with Gasteiger partial charge in [0.05, 0.1) is 12.1 Å². The highest BCUT2D eigenvalue weighted by Gasteiger charge is 2.28. The number of hydrogen-bond donors (Lipinski definition) is 2. The van der Waals surface area contributed by atoms with Crippen LogP contribution in [-0.4, -0.2) is 34.4 Å². The lowest BCUT2D eigenvalue weighted by molar-refractivity contribution is 0.0711. The van der Waals surface area contributed by atoms with Crippen molar-refractivity contribution in [1.82, 2.24) is 4.90 Å². The lowest BCUT2D eigenvalue weighted by Crippen LogP contribution is -2.44. The molecule has 6 nitrogen and oxygen atoms in total. The molecule has 104 valence electrons. The van der Waals surface area contributed by atoms with Crippen LogP contribution in [-0.2, 0) is 0 Å². The Morgan fingerprint density at radius 1 is 1.58 bits per heavy atom. The van der Waals surface area contributed by atoms with E-state index < -0.39 is 0 Å². The third-order valence-corrected chi connectivity index (χ3v) is 3.46. The van der Waals surface area contributed by atoms with Gasteiger partial charge in [0, 0.05) is 6.04 Å². The second kappa shape index (κ2) is 5.77. The molecular weight excluding hydrogens is 246 g/mol. The normalized spacial score (nSPS) is 16.8. The van der Waals surface area contributed by atoms with E-state index in [9.17, 15) is 4.79 Å². The molecule has 2 rings (SSSR count). The predicted molar refractivity (Wildman–Crippen MR) is 70.1 cm³/mol. The zero-order valence-corrected chi connectivity index (χ0v) is 11.0. The van der Waals surface area contributed by atoms with Crippen LogP contribution in [0, 0.1) is 6.92 Å². The topological polar surface area (TPSA) is 92.1 Å². The van der Waals surface area contributed by atoms with Crippen LogP contribution < -0.4 is 5.73 Å². The number of amides is 1. The zero-order valence-electron chi connectivity index (χ0n) is 11.0. The number of nitrogens with two attached hydrogens (primary N) is 1. The van der Waals surface area contributed by atoms with Crippen molar-refractivity contribution in [2.45, 2.75) is 38.6 Å². The van der Waals surface area contributed by atoms with Crippen LogP contribution in [0.15, 0.2) is 21.9 Å². The maximum absolute atomic E-state index is 12.5. The number of carbonyl (C=O) groups excluding carboxylic acids is 1. The average Bonchev–Trinajstić information content (AvgIpc) is 3.05. The number of oxime groups is 1. The molecule has 1 aromatic rings. The van der Waals surface area contributed by atoms with Crippen molar-refractivity contribution < 1.29 is 14.4 Å². The number of aryl methyl sites for hydroxylation is 1. The summed E-state index contributed by atoms with van der Waals surface area (Å²) in [7, 11) is 0. The molecule has 0 unspecified atom stereocenters. The van der Waals surface area contributed by atoms with Crippen LogP contribution in [0.2, 0.25) is 0 Å². The number of amidine groups is 1. The van der Waals surface area contributed by atoms with Crippen LogP contribution in [0.4, 0.5) is 0 Å². The van der Waals surface area contributed by atoms with Gasteiger partial charge in [-0.1, -0.05) is 18.0 Å². The smallest absolute Gasteiger partial charge is 0.257 e. The van der Waals surface area contributed by atoms with Gasteiger partial charge >= 0.3 is 0 Å². The molecule has 1 heterocycles. The molecule has 1 aliphatic rings. The second-order valence-electron chi connectivity index (χ2n) is 4.91. The van der Waals surface area contributed by atoms with E-state index in [4.69, 9.17) is 15.4 Å². The molecule has 0 bridgehead atoms. The van der Waals surface area contributed by atoms with Gasteiger partial charge in [-0.15, -0.1) is 0 Å². The van der Waals surface area contributed by atoms with E-state index >= 15 is 0 Å². The fourth-order valence-corrected chi connectivity index (χ4v) is 2.51.